The molecule has 1 saturated heterocycles. The van der Waals surface area contributed by atoms with E-state index in [-0.39, 0.29) is 30.0 Å². The number of nitrogens with one attached hydrogen (secondary N) is 3. The molecule has 3 unspecified atom stereocenters. The van der Waals surface area contributed by atoms with Gasteiger partial charge in [0.2, 0.25) is 5.91 Å². The van der Waals surface area contributed by atoms with Gasteiger partial charge < -0.3 is 25.4 Å². The number of carbonyl (C=O) groups excluding carboxylic acids is 1. The molecule has 0 spiro atoms. The van der Waals surface area contributed by atoms with Gasteiger partial charge in [-0.1, -0.05) is 6.42 Å². The fraction of sp³-hybridized carbons (Fsp3) is 0.895. The first-order valence-electron chi connectivity index (χ1n) is 10.1. The number of hydrogen-bond acceptors (Lipinski definition) is 4. The fourth-order valence-electron chi connectivity index (χ4n) is 3.58. The van der Waals surface area contributed by atoms with Crippen molar-refractivity contribution in [3.05, 3.63) is 0 Å². The Morgan fingerprint density at radius 3 is 2.81 bits per heavy atom. The first-order chi connectivity index (χ1) is 12.6. The number of rotatable bonds is 8. The monoisotopic (exact) mass is 368 g/mol. The number of carbonyl (C=O) groups is 1. The van der Waals surface area contributed by atoms with Gasteiger partial charge in [0.1, 0.15) is 0 Å². The molecule has 0 aromatic heterocycles. The highest BCUT2D eigenvalue weighted by molar-refractivity contribution is 5.81. The maximum Gasteiger partial charge on any atom is 0.223 e. The van der Waals surface area contributed by atoms with Crippen LogP contribution in [-0.4, -0.2) is 63.5 Å². The zero-order chi connectivity index (χ0) is 18.8. The van der Waals surface area contributed by atoms with Crippen molar-refractivity contribution in [3.63, 3.8) is 0 Å². The molecule has 0 aromatic rings. The molecule has 1 saturated carbocycles. The summed E-state index contributed by atoms with van der Waals surface area (Å²) in [5, 5.41) is 9.78. The van der Waals surface area contributed by atoms with E-state index in [0.29, 0.717) is 19.8 Å². The second-order valence-corrected chi connectivity index (χ2v) is 7.58. The van der Waals surface area contributed by atoms with Crippen molar-refractivity contribution in [2.75, 3.05) is 33.4 Å². The highest BCUT2D eigenvalue weighted by Crippen LogP contribution is 2.24. The highest BCUT2D eigenvalue weighted by atomic mass is 16.5. The van der Waals surface area contributed by atoms with Crippen LogP contribution in [-0.2, 0) is 14.3 Å². The predicted octanol–water partition coefficient (Wildman–Crippen LogP) is 1.43. The maximum atomic E-state index is 12.3. The quantitative estimate of drug-likeness (QED) is 0.343. The Hall–Kier alpha value is -1.34. The molecule has 2 fully saturated rings. The smallest absolute Gasteiger partial charge is 0.223 e. The Morgan fingerprint density at radius 2 is 2.12 bits per heavy atom. The van der Waals surface area contributed by atoms with E-state index >= 15 is 0 Å². The zero-order valence-electron chi connectivity index (χ0n) is 16.6. The first kappa shape index (κ1) is 21.0. The SMILES string of the molecule is CN=C(NCCOCC1CCCO1)NC1CCCC(C(=O)NC(C)C)C1. The van der Waals surface area contributed by atoms with Crippen LogP contribution in [0.1, 0.15) is 52.4 Å². The second kappa shape index (κ2) is 11.4. The van der Waals surface area contributed by atoms with Gasteiger partial charge in [0.25, 0.3) is 0 Å². The molecule has 3 atom stereocenters. The molecular formula is C19H36N4O3. The minimum atomic E-state index is 0.0940. The molecule has 2 rings (SSSR count). The molecule has 7 heteroatoms. The van der Waals surface area contributed by atoms with Crippen molar-refractivity contribution in [1.29, 1.82) is 0 Å². The summed E-state index contributed by atoms with van der Waals surface area (Å²) in [7, 11) is 1.77. The van der Waals surface area contributed by atoms with E-state index in [2.05, 4.69) is 20.9 Å². The summed E-state index contributed by atoms with van der Waals surface area (Å²) in [5.41, 5.74) is 0. The minimum Gasteiger partial charge on any atom is -0.377 e. The van der Waals surface area contributed by atoms with Crippen LogP contribution in [0.4, 0.5) is 0 Å². The summed E-state index contributed by atoms with van der Waals surface area (Å²) in [4.78, 5) is 16.5. The van der Waals surface area contributed by atoms with Gasteiger partial charge >= 0.3 is 0 Å². The topological polar surface area (TPSA) is 84.0 Å². The molecule has 2 aliphatic rings. The van der Waals surface area contributed by atoms with Crippen LogP contribution < -0.4 is 16.0 Å². The molecule has 0 bridgehead atoms. The molecule has 150 valence electrons. The van der Waals surface area contributed by atoms with Gasteiger partial charge in [0.15, 0.2) is 5.96 Å². The standard InChI is InChI=1S/C19H36N4O3/c1-14(2)22-18(24)15-6-4-7-16(12-15)23-19(20-3)21-9-11-25-13-17-8-5-10-26-17/h14-17H,4-13H2,1-3H3,(H,22,24)(H2,20,21,23). The molecule has 26 heavy (non-hydrogen) atoms. The summed E-state index contributed by atoms with van der Waals surface area (Å²) >= 11 is 0. The van der Waals surface area contributed by atoms with Gasteiger partial charge in [0.05, 0.1) is 19.3 Å². The van der Waals surface area contributed by atoms with Gasteiger partial charge in [-0.05, 0) is 46.0 Å². The molecule has 1 aliphatic heterocycles. The van der Waals surface area contributed by atoms with E-state index in [1.807, 2.05) is 13.8 Å². The Kier molecular flexibility index (Phi) is 9.18. The van der Waals surface area contributed by atoms with E-state index in [1.165, 1.54) is 0 Å². The van der Waals surface area contributed by atoms with E-state index in [4.69, 9.17) is 9.47 Å². The van der Waals surface area contributed by atoms with Crippen LogP contribution in [0.15, 0.2) is 4.99 Å². The number of guanidine groups is 1. The average molecular weight is 369 g/mol. The zero-order valence-corrected chi connectivity index (χ0v) is 16.6. The van der Waals surface area contributed by atoms with Crippen LogP contribution in [0.3, 0.4) is 0 Å². The number of ether oxygens (including phenoxy) is 2. The molecule has 1 heterocycles. The maximum absolute atomic E-state index is 12.3. The van der Waals surface area contributed by atoms with Crippen LogP contribution >= 0.6 is 0 Å². The van der Waals surface area contributed by atoms with Crippen LogP contribution in [0.25, 0.3) is 0 Å². The van der Waals surface area contributed by atoms with Crippen molar-refractivity contribution < 1.29 is 14.3 Å². The van der Waals surface area contributed by atoms with Gasteiger partial charge in [-0.3, -0.25) is 9.79 Å². The van der Waals surface area contributed by atoms with E-state index in [0.717, 1.165) is 51.1 Å². The van der Waals surface area contributed by atoms with Crippen molar-refractivity contribution in [1.82, 2.24) is 16.0 Å². The summed E-state index contributed by atoms with van der Waals surface area (Å²) in [5.74, 6) is 1.05. The number of hydrogen-bond donors (Lipinski definition) is 3. The lowest BCUT2D eigenvalue weighted by molar-refractivity contribution is -0.126. The predicted molar refractivity (Wildman–Crippen MR) is 103 cm³/mol. The fourth-order valence-corrected chi connectivity index (χ4v) is 3.58. The number of amides is 1. The van der Waals surface area contributed by atoms with Crippen molar-refractivity contribution in [2.45, 2.75) is 70.6 Å². The average Bonchev–Trinajstić information content (AvgIpc) is 3.13. The Labute approximate surface area is 157 Å². The molecule has 1 aliphatic carbocycles. The molecule has 3 N–H and O–H groups in total. The number of nitrogens with zero attached hydrogens (tertiary/aromatic N) is 1. The highest BCUT2D eigenvalue weighted by Gasteiger charge is 2.28. The third kappa shape index (κ3) is 7.50. The van der Waals surface area contributed by atoms with Gasteiger partial charge in [-0.2, -0.15) is 0 Å². The van der Waals surface area contributed by atoms with Gasteiger partial charge in [0, 0.05) is 38.2 Å². The van der Waals surface area contributed by atoms with Crippen LogP contribution in [0.5, 0.6) is 0 Å². The molecule has 0 radical (unpaired) electrons. The molecule has 1 amide bonds. The Bertz CT molecular complexity index is 450. The minimum absolute atomic E-state index is 0.0940. The Morgan fingerprint density at radius 1 is 1.27 bits per heavy atom. The van der Waals surface area contributed by atoms with Crippen LogP contribution in [0, 0.1) is 5.92 Å². The Balaban J connectivity index is 1.63. The summed E-state index contributed by atoms with van der Waals surface area (Å²) in [6.45, 7) is 6.87. The largest absolute Gasteiger partial charge is 0.377 e. The van der Waals surface area contributed by atoms with Crippen molar-refractivity contribution in [2.24, 2.45) is 10.9 Å². The molecule has 7 nitrogen and oxygen atoms in total. The van der Waals surface area contributed by atoms with Crippen molar-refractivity contribution in [3.8, 4) is 0 Å². The van der Waals surface area contributed by atoms with E-state index in [9.17, 15) is 4.79 Å². The first-order valence-corrected chi connectivity index (χ1v) is 10.1. The second-order valence-electron chi connectivity index (χ2n) is 7.58. The summed E-state index contributed by atoms with van der Waals surface area (Å²) in [6, 6.07) is 0.477. The number of aliphatic imine (C=N–C) groups is 1. The van der Waals surface area contributed by atoms with Gasteiger partial charge in [-0.25, -0.2) is 0 Å². The van der Waals surface area contributed by atoms with Gasteiger partial charge in [-0.15, -0.1) is 0 Å². The third-order valence-corrected chi connectivity index (χ3v) is 4.91. The van der Waals surface area contributed by atoms with Crippen LogP contribution in [0.2, 0.25) is 0 Å². The normalized spacial score (nSPS) is 26.8. The third-order valence-electron chi connectivity index (χ3n) is 4.91. The lowest BCUT2D eigenvalue weighted by atomic mass is 9.85. The lowest BCUT2D eigenvalue weighted by Crippen LogP contribution is -2.48. The van der Waals surface area contributed by atoms with E-state index < -0.39 is 0 Å². The van der Waals surface area contributed by atoms with E-state index in [1.54, 1.807) is 7.05 Å². The lowest BCUT2D eigenvalue weighted by Gasteiger charge is -2.30. The molecule has 0 aromatic carbocycles. The summed E-state index contributed by atoms with van der Waals surface area (Å²) < 4.78 is 11.2. The summed E-state index contributed by atoms with van der Waals surface area (Å²) in [6.07, 6.45) is 6.47. The molecular weight excluding hydrogens is 332 g/mol. The van der Waals surface area contributed by atoms with Crippen molar-refractivity contribution >= 4 is 11.9 Å².